The quantitative estimate of drug-likeness (QED) is 0.735. The van der Waals surface area contributed by atoms with Gasteiger partial charge >= 0.3 is 0 Å². The second kappa shape index (κ2) is 8.61. The van der Waals surface area contributed by atoms with E-state index in [1.165, 1.54) is 5.56 Å². The zero-order valence-corrected chi connectivity index (χ0v) is 16.9. The van der Waals surface area contributed by atoms with Gasteiger partial charge in [0.05, 0.1) is 5.75 Å². The minimum Gasteiger partial charge on any atom is -0.326 e. The van der Waals surface area contributed by atoms with Crippen LogP contribution in [0.3, 0.4) is 0 Å². The highest BCUT2D eigenvalue weighted by molar-refractivity contribution is 8.00. The van der Waals surface area contributed by atoms with Crippen LogP contribution in [0.4, 0.5) is 11.4 Å². The lowest BCUT2D eigenvalue weighted by molar-refractivity contribution is -0.116. The third-order valence-corrected chi connectivity index (χ3v) is 5.83. The minimum atomic E-state index is -0.0829. The molecule has 1 N–H and O–H groups in total. The summed E-state index contributed by atoms with van der Waals surface area (Å²) in [6.45, 7) is 6.28. The molecule has 1 atom stereocenters. The number of carbonyl (C=O) groups excluding carboxylic acids is 2. The Labute approximate surface area is 165 Å². The number of anilines is 2. The molecule has 1 fully saturated rings. The molecule has 1 aliphatic heterocycles. The first-order valence-corrected chi connectivity index (χ1v) is 10.5. The zero-order chi connectivity index (χ0) is 19.4. The number of nitrogens with one attached hydrogen (secondary N) is 1. The van der Waals surface area contributed by atoms with Gasteiger partial charge in [-0.2, -0.15) is 0 Å². The first-order chi connectivity index (χ1) is 13.0. The molecule has 0 spiro atoms. The number of para-hydroxylation sites is 1. The molecule has 2 aromatic carbocycles. The fraction of sp³-hybridized carbons (Fsp3) is 0.364. The second-order valence-corrected chi connectivity index (χ2v) is 8.13. The Morgan fingerprint density at radius 2 is 2.00 bits per heavy atom. The molecule has 2 amide bonds. The average Bonchev–Trinajstić information content (AvgIpc) is 3.03. The molecule has 2 aromatic rings. The average molecular weight is 383 g/mol. The van der Waals surface area contributed by atoms with Crippen LogP contribution in [0.25, 0.3) is 0 Å². The van der Waals surface area contributed by atoms with Crippen molar-refractivity contribution in [2.24, 2.45) is 0 Å². The summed E-state index contributed by atoms with van der Waals surface area (Å²) in [5.41, 5.74) is 3.96. The van der Waals surface area contributed by atoms with Gasteiger partial charge in [-0.25, -0.2) is 0 Å². The van der Waals surface area contributed by atoms with Crippen molar-refractivity contribution in [3.05, 3.63) is 59.7 Å². The van der Waals surface area contributed by atoms with Crippen LogP contribution in [0.1, 0.15) is 56.0 Å². The molecular formula is C22H26N2O2S. The van der Waals surface area contributed by atoms with Crippen LogP contribution in [0.2, 0.25) is 0 Å². The number of carbonyl (C=O) groups is 2. The van der Waals surface area contributed by atoms with E-state index in [0.29, 0.717) is 18.1 Å². The molecule has 1 aliphatic rings. The molecule has 142 valence electrons. The molecule has 1 heterocycles. The molecule has 1 saturated heterocycles. The summed E-state index contributed by atoms with van der Waals surface area (Å²) in [4.78, 5) is 26.5. The molecular weight excluding hydrogens is 356 g/mol. The van der Waals surface area contributed by atoms with Crippen molar-refractivity contribution in [2.75, 3.05) is 16.0 Å². The maximum atomic E-state index is 12.7. The maximum absolute atomic E-state index is 12.7. The number of hydrogen-bond donors (Lipinski definition) is 1. The van der Waals surface area contributed by atoms with Gasteiger partial charge in [0, 0.05) is 17.8 Å². The van der Waals surface area contributed by atoms with E-state index in [1.807, 2.05) is 54.3 Å². The Morgan fingerprint density at radius 1 is 1.22 bits per heavy atom. The molecule has 0 aliphatic carbocycles. The molecule has 0 bridgehead atoms. The van der Waals surface area contributed by atoms with Crippen LogP contribution < -0.4 is 10.2 Å². The number of thioether (sulfide) groups is 1. The van der Waals surface area contributed by atoms with E-state index in [-0.39, 0.29) is 17.2 Å². The van der Waals surface area contributed by atoms with E-state index >= 15 is 0 Å². The molecule has 0 saturated carbocycles. The van der Waals surface area contributed by atoms with Gasteiger partial charge in [-0.05, 0) is 41.7 Å². The van der Waals surface area contributed by atoms with Gasteiger partial charge in [-0.3, -0.25) is 14.5 Å². The van der Waals surface area contributed by atoms with Gasteiger partial charge in [-0.15, -0.1) is 11.8 Å². The fourth-order valence-electron chi connectivity index (χ4n) is 3.35. The number of hydrogen-bond acceptors (Lipinski definition) is 3. The summed E-state index contributed by atoms with van der Waals surface area (Å²) in [6.07, 6.45) is 1.33. The third-order valence-electron chi connectivity index (χ3n) is 4.62. The van der Waals surface area contributed by atoms with Gasteiger partial charge in [0.15, 0.2) is 0 Å². The van der Waals surface area contributed by atoms with Gasteiger partial charge in [-0.1, -0.05) is 51.1 Å². The largest absolute Gasteiger partial charge is 0.326 e. The minimum absolute atomic E-state index is 0.0202. The Bertz CT molecular complexity index is 835. The van der Waals surface area contributed by atoms with Gasteiger partial charge in [0.1, 0.15) is 5.37 Å². The van der Waals surface area contributed by atoms with E-state index < -0.39 is 0 Å². The van der Waals surface area contributed by atoms with Crippen LogP contribution in [0.5, 0.6) is 0 Å². The van der Waals surface area contributed by atoms with Crippen molar-refractivity contribution < 1.29 is 9.59 Å². The summed E-state index contributed by atoms with van der Waals surface area (Å²) < 4.78 is 0. The van der Waals surface area contributed by atoms with Gasteiger partial charge < -0.3 is 5.32 Å². The van der Waals surface area contributed by atoms with Crippen LogP contribution >= 0.6 is 11.8 Å². The topological polar surface area (TPSA) is 49.4 Å². The first kappa shape index (κ1) is 19.5. The van der Waals surface area contributed by atoms with E-state index in [1.54, 1.807) is 11.8 Å². The van der Waals surface area contributed by atoms with E-state index in [2.05, 4.69) is 25.2 Å². The molecule has 0 unspecified atom stereocenters. The molecule has 5 heteroatoms. The normalized spacial score (nSPS) is 16.8. The van der Waals surface area contributed by atoms with Crippen molar-refractivity contribution >= 4 is 35.0 Å². The highest BCUT2D eigenvalue weighted by atomic mass is 32.2. The Kier molecular flexibility index (Phi) is 6.22. The van der Waals surface area contributed by atoms with Crippen LogP contribution in [-0.4, -0.2) is 17.6 Å². The number of amides is 2. The first-order valence-electron chi connectivity index (χ1n) is 9.43. The van der Waals surface area contributed by atoms with E-state index in [4.69, 9.17) is 0 Å². The summed E-state index contributed by atoms with van der Waals surface area (Å²) in [5, 5.41) is 2.87. The lowest BCUT2D eigenvalue weighted by Crippen LogP contribution is -2.29. The summed E-state index contributed by atoms with van der Waals surface area (Å²) >= 11 is 1.63. The number of rotatable bonds is 6. The second-order valence-electron chi connectivity index (χ2n) is 7.06. The van der Waals surface area contributed by atoms with Crippen molar-refractivity contribution in [1.29, 1.82) is 0 Å². The zero-order valence-electron chi connectivity index (χ0n) is 16.1. The summed E-state index contributed by atoms with van der Waals surface area (Å²) in [7, 11) is 0. The number of nitrogens with zero attached hydrogens (tertiary/aromatic N) is 1. The molecule has 3 rings (SSSR count). The van der Waals surface area contributed by atoms with Crippen molar-refractivity contribution in [3.63, 3.8) is 0 Å². The molecule has 0 radical (unpaired) electrons. The monoisotopic (exact) mass is 382 g/mol. The third kappa shape index (κ3) is 4.35. The van der Waals surface area contributed by atoms with E-state index in [9.17, 15) is 9.59 Å². The lowest BCUT2D eigenvalue weighted by Gasteiger charge is -2.28. The predicted molar refractivity (Wildman–Crippen MR) is 113 cm³/mol. The van der Waals surface area contributed by atoms with Gasteiger partial charge in [0.25, 0.3) is 0 Å². The Hall–Kier alpha value is -2.27. The van der Waals surface area contributed by atoms with Crippen LogP contribution in [0, 0.1) is 0 Å². The van der Waals surface area contributed by atoms with E-state index in [0.717, 1.165) is 23.4 Å². The highest BCUT2D eigenvalue weighted by Gasteiger charge is 2.35. The predicted octanol–water partition coefficient (Wildman–Crippen LogP) is 5.33. The fourth-order valence-corrected chi connectivity index (χ4v) is 4.51. The van der Waals surface area contributed by atoms with Crippen molar-refractivity contribution in [2.45, 2.75) is 44.9 Å². The molecule has 0 aromatic heterocycles. The summed E-state index contributed by atoms with van der Waals surface area (Å²) in [5.74, 6) is 0.939. The maximum Gasteiger partial charge on any atom is 0.238 e. The summed E-state index contributed by atoms with van der Waals surface area (Å²) in [6, 6.07) is 16.0. The number of benzene rings is 2. The Balaban J connectivity index is 1.92. The highest BCUT2D eigenvalue weighted by Crippen LogP contribution is 2.44. The molecule has 4 nitrogen and oxygen atoms in total. The van der Waals surface area contributed by atoms with Gasteiger partial charge in [0.2, 0.25) is 11.8 Å². The van der Waals surface area contributed by atoms with Crippen LogP contribution in [0.15, 0.2) is 48.5 Å². The smallest absolute Gasteiger partial charge is 0.238 e. The van der Waals surface area contributed by atoms with Crippen LogP contribution in [-0.2, 0) is 9.59 Å². The molecule has 27 heavy (non-hydrogen) atoms. The van der Waals surface area contributed by atoms with Crippen molar-refractivity contribution in [3.8, 4) is 0 Å². The van der Waals surface area contributed by atoms with Crippen molar-refractivity contribution in [1.82, 2.24) is 0 Å². The Morgan fingerprint density at radius 3 is 2.74 bits per heavy atom. The SMILES string of the molecule is CCCC(=O)Nc1cccc([C@H]2SCC(=O)N2c2ccccc2C(C)C)c1. The lowest BCUT2D eigenvalue weighted by atomic mass is 10.00. The standard InChI is InChI=1S/C22H26N2O2S/c1-4-8-20(25)23-17-10-7-9-16(13-17)22-24(21(26)14-27-22)19-12-6-5-11-18(19)15(2)3/h5-7,9-13,15,22H,4,8,14H2,1-3H3,(H,23,25)/t22-/m1/s1.